The molecule has 0 spiro atoms. The summed E-state index contributed by atoms with van der Waals surface area (Å²) in [5.74, 6) is 0.667. The first-order valence-electron chi connectivity index (χ1n) is 13.9. The van der Waals surface area contributed by atoms with Crippen LogP contribution in [0.25, 0.3) is 55.3 Å². The average molecular weight is 479 g/mol. The lowest BCUT2D eigenvalue weighted by Gasteiger charge is -2.28. The van der Waals surface area contributed by atoms with E-state index in [0.29, 0.717) is 5.92 Å². The Morgan fingerprint density at radius 1 is 0.622 bits per heavy atom. The average Bonchev–Trinajstić information content (AvgIpc) is 3.35. The van der Waals surface area contributed by atoms with E-state index in [-0.39, 0.29) is 5.41 Å². The van der Waals surface area contributed by atoms with E-state index in [1.807, 2.05) is 0 Å². The van der Waals surface area contributed by atoms with Crippen LogP contribution >= 0.6 is 0 Å². The van der Waals surface area contributed by atoms with Gasteiger partial charge >= 0.3 is 0 Å². The summed E-state index contributed by atoms with van der Waals surface area (Å²) in [5, 5.41) is 2.76. The highest BCUT2D eigenvalue weighted by Gasteiger charge is 2.39. The molecule has 1 atom stereocenters. The first kappa shape index (κ1) is 22.5. The minimum Gasteiger partial charge on any atom is -0.0653 e. The molecule has 5 aromatic carbocycles. The van der Waals surface area contributed by atoms with Gasteiger partial charge in [0.25, 0.3) is 0 Å². The van der Waals surface area contributed by atoms with Gasteiger partial charge in [0.2, 0.25) is 0 Å². The van der Waals surface area contributed by atoms with Crippen molar-refractivity contribution in [3.05, 3.63) is 108 Å². The van der Waals surface area contributed by atoms with Gasteiger partial charge in [-0.05, 0) is 96.8 Å². The molecule has 5 aromatic rings. The van der Waals surface area contributed by atoms with E-state index in [2.05, 4.69) is 119 Å². The van der Waals surface area contributed by atoms with Crippen LogP contribution in [-0.2, 0) is 11.8 Å². The molecule has 0 N–H and O–H groups in total. The lowest BCUT2D eigenvalue weighted by Crippen LogP contribution is -2.20. The second-order valence-electron chi connectivity index (χ2n) is 11.8. The van der Waals surface area contributed by atoms with Crippen LogP contribution < -0.4 is 0 Å². The van der Waals surface area contributed by atoms with Crippen molar-refractivity contribution in [2.24, 2.45) is 5.92 Å². The van der Waals surface area contributed by atoms with Crippen molar-refractivity contribution in [2.75, 3.05) is 0 Å². The zero-order valence-corrected chi connectivity index (χ0v) is 22.4. The van der Waals surface area contributed by atoms with Crippen LogP contribution in [0.2, 0.25) is 0 Å². The third kappa shape index (κ3) is 3.21. The molecular formula is C37H34. The van der Waals surface area contributed by atoms with Crippen molar-refractivity contribution >= 4 is 10.8 Å². The van der Waals surface area contributed by atoms with Gasteiger partial charge in [-0.15, -0.1) is 0 Å². The zero-order valence-electron chi connectivity index (χ0n) is 22.4. The molecule has 0 radical (unpaired) electrons. The summed E-state index contributed by atoms with van der Waals surface area (Å²) in [5.41, 5.74) is 15.5. The molecule has 0 bridgehead atoms. The van der Waals surface area contributed by atoms with Gasteiger partial charge in [0, 0.05) is 5.41 Å². The molecule has 0 fully saturated rings. The molecule has 2 aliphatic rings. The zero-order chi connectivity index (χ0) is 25.3. The summed E-state index contributed by atoms with van der Waals surface area (Å²) in [7, 11) is 0. The van der Waals surface area contributed by atoms with Crippen molar-refractivity contribution in [1.29, 1.82) is 0 Å². The maximum absolute atomic E-state index is 2.51. The normalized spacial score (nSPS) is 16.8. The highest BCUT2D eigenvalue weighted by atomic mass is 14.4. The molecule has 0 saturated heterocycles. The molecule has 182 valence electrons. The van der Waals surface area contributed by atoms with Crippen LogP contribution in [0, 0.1) is 5.92 Å². The molecule has 0 aromatic heterocycles. The predicted octanol–water partition coefficient (Wildman–Crippen LogP) is 10.4. The van der Waals surface area contributed by atoms with Crippen molar-refractivity contribution in [3.8, 4) is 44.5 Å². The fourth-order valence-corrected chi connectivity index (χ4v) is 7.26. The van der Waals surface area contributed by atoms with E-state index in [1.165, 1.54) is 84.8 Å². The molecule has 0 nitrogen and oxygen atoms in total. The van der Waals surface area contributed by atoms with Crippen molar-refractivity contribution in [3.63, 3.8) is 0 Å². The van der Waals surface area contributed by atoms with Gasteiger partial charge in [0.05, 0.1) is 0 Å². The summed E-state index contributed by atoms with van der Waals surface area (Å²) in [6.07, 6.45) is 3.48. The van der Waals surface area contributed by atoms with Crippen molar-refractivity contribution in [1.82, 2.24) is 0 Å². The number of benzene rings is 5. The van der Waals surface area contributed by atoms with E-state index < -0.39 is 0 Å². The predicted molar refractivity (Wildman–Crippen MR) is 159 cm³/mol. The molecule has 0 saturated carbocycles. The molecule has 0 heteroatoms. The summed E-state index contributed by atoms with van der Waals surface area (Å²) in [4.78, 5) is 0. The number of hydrogen-bond acceptors (Lipinski definition) is 0. The van der Waals surface area contributed by atoms with Crippen LogP contribution in [0.3, 0.4) is 0 Å². The largest absolute Gasteiger partial charge is 0.0653 e. The lowest BCUT2D eigenvalue weighted by atomic mass is 9.75. The van der Waals surface area contributed by atoms with Crippen LogP contribution in [0.5, 0.6) is 0 Å². The SMILES string of the molecule is CCCC1(C)c2cc(CC(C)C)ccc2-c2ccc(-c3ccc4c5c(cccc35)-c3ccccc3-4)cc21. The number of rotatable bonds is 5. The molecule has 7 rings (SSSR count). The highest BCUT2D eigenvalue weighted by molar-refractivity contribution is 6.18. The third-order valence-corrected chi connectivity index (χ3v) is 8.84. The van der Waals surface area contributed by atoms with Crippen molar-refractivity contribution in [2.45, 2.75) is 52.4 Å². The fourth-order valence-electron chi connectivity index (χ4n) is 7.26. The third-order valence-electron chi connectivity index (χ3n) is 8.84. The standard InChI is InChI=1S/C37H34/c1-5-19-37(4)34-21-24(20-23(2)3)13-15-29(34)30-16-14-25(22-35(30)37)26-17-18-33-28-10-7-6-9-27(28)32-12-8-11-31(26)36(32)33/h6-18,21-23H,5,19-20H2,1-4H3. The molecule has 37 heavy (non-hydrogen) atoms. The molecular weight excluding hydrogens is 444 g/mol. The van der Waals surface area contributed by atoms with Gasteiger partial charge in [-0.3, -0.25) is 0 Å². The first-order chi connectivity index (χ1) is 18.0. The Labute approximate surface area is 221 Å². The fraction of sp³-hybridized carbons (Fsp3) is 0.243. The Hall–Kier alpha value is -3.64. The van der Waals surface area contributed by atoms with E-state index in [9.17, 15) is 0 Å². The molecule has 2 aliphatic carbocycles. The molecule has 1 unspecified atom stereocenters. The maximum atomic E-state index is 2.51. The quantitative estimate of drug-likeness (QED) is 0.231. The summed E-state index contributed by atoms with van der Waals surface area (Å²) < 4.78 is 0. The van der Waals surface area contributed by atoms with Crippen LogP contribution in [0.4, 0.5) is 0 Å². The van der Waals surface area contributed by atoms with E-state index >= 15 is 0 Å². The monoisotopic (exact) mass is 478 g/mol. The van der Waals surface area contributed by atoms with Gasteiger partial charge < -0.3 is 0 Å². The van der Waals surface area contributed by atoms with Gasteiger partial charge in [-0.2, -0.15) is 0 Å². The molecule has 0 heterocycles. The van der Waals surface area contributed by atoms with Gasteiger partial charge in [0.1, 0.15) is 0 Å². The Bertz CT molecular complexity index is 1670. The Morgan fingerprint density at radius 2 is 1.24 bits per heavy atom. The smallest absolute Gasteiger partial charge is 0.0187 e. The topological polar surface area (TPSA) is 0 Å². The Kier molecular flexibility index (Phi) is 4.99. The van der Waals surface area contributed by atoms with Gasteiger partial charge in [0.15, 0.2) is 0 Å². The summed E-state index contributed by atoms with van der Waals surface area (Å²) in [6, 6.07) is 34.9. The maximum Gasteiger partial charge on any atom is 0.0187 e. The van der Waals surface area contributed by atoms with Crippen molar-refractivity contribution < 1.29 is 0 Å². The second kappa shape index (κ2) is 8.18. The summed E-state index contributed by atoms with van der Waals surface area (Å²) >= 11 is 0. The van der Waals surface area contributed by atoms with E-state index in [4.69, 9.17) is 0 Å². The van der Waals surface area contributed by atoms with E-state index in [0.717, 1.165) is 6.42 Å². The Morgan fingerprint density at radius 3 is 1.97 bits per heavy atom. The van der Waals surface area contributed by atoms with E-state index in [1.54, 1.807) is 0 Å². The van der Waals surface area contributed by atoms with Crippen LogP contribution in [0.15, 0.2) is 91.0 Å². The minimum absolute atomic E-state index is 0.0491. The molecule has 0 aliphatic heterocycles. The van der Waals surface area contributed by atoms with Crippen LogP contribution in [0.1, 0.15) is 57.2 Å². The second-order valence-corrected chi connectivity index (χ2v) is 11.8. The minimum atomic E-state index is 0.0491. The van der Waals surface area contributed by atoms with Gasteiger partial charge in [-0.1, -0.05) is 119 Å². The molecule has 0 amide bonds. The highest BCUT2D eigenvalue weighted by Crippen LogP contribution is 2.54. The first-order valence-corrected chi connectivity index (χ1v) is 13.9. The lowest BCUT2D eigenvalue weighted by molar-refractivity contribution is 0.523. The Balaban J connectivity index is 1.41. The van der Waals surface area contributed by atoms with Crippen LogP contribution in [-0.4, -0.2) is 0 Å². The number of fused-ring (bicyclic) bond motifs is 6. The number of hydrogen-bond donors (Lipinski definition) is 0. The summed E-state index contributed by atoms with van der Waals surface area (Å²) in [6.45, 7) is 9.44. The van der Waals surface area contributed by atoms with Gasteiger partial charge in [-0.25, -0.2) is 0 Å².